The molecule has 1 aliphatic carbocycles. The number of methoxy groups -OCH3 is 2. The Hall–Kier alpha value is -2.53. The Morgan fingerprint density at radius 1 is 1.17 bits per heavy atom. The number of benzene rings is 2. The Morgan fingerprint density at radius 2 is 1.87 bits per heavy atom. The van der Waals surface area contributed by atoms with E-state index in [4.69, 9.17) is 9.47 Å². The van der Waals surface area contributed by atoms with E-state index in [1.54, 1.807) is 14.2 Å². The summed E-state index contributed by atoms with van der Waals surface area (Å²) >= 11 is 0. The SMILES string of the molecule is COc1cc2c(cc1OC)[C@H]([C@@H](C)NC(=O)C1CC1)N(Cc1ccccc1C)CC2. The van der Waals surface area contributed by atoms with Crippen molar-refractivity contribution in [3.8, 4) is 11.5 Å². The van der Waals surface area contributed by atoms with Crippen LogP contribution in [0.25, 0.3) is 0 Å². The summed E-state index contributed by atoms with van der Waals surface area (Å²) < 4.78 is 11.1. The number of carbonyl (C=O) groups is 1. The van der Waals surface area contributed by atoms with Crippen molar-refractivity contribution in [2.45, 2.75) is 51.7 Å². The highest BCUT2D eigenvalue weighted by molar-refractivity contribution is 5.81. The van der Waals surface area contributed by atoms with E-state index >= 15 is 0 Å². The number of hydrogen-bond acceptors (Lipinski definition) is 4. The summed E-state index contributed by atoms with van der Waals surface area (Å²) in [6.45, 7) is 6.08. The molecule has 1 N–H and O–H groups in total. The van der Waals surface area contributed by atoms with Crippen molar-refractivity contribution in [3.05, 3.63) is 58.7 Å². The highest BCUT2D eigenvalue weighted by atomic mass is 16.5. The topological polar surface area (TPSA) is 50.8 Å². The van der Waals surface area contributed by atoms with Crippen LogP contribution in [0.15, 0.2) is 36.4 Å². The molecule has 160 valence electrons. The number of fused-ring (bicyclic) bond motifs is 1. The zero-order chi connectivity index (χ0) is 21.3. The van der Waals surface area contributed by atoms with Gasteiger partial charge in [-0.2, -0.15) is 0 Å². The van der Waals surface area contributed by atoms with E-state index in [0.29, 0.717) is 0 Å². The van der Waals surface area contributed by atoms with Crippen molar-refractivity contribution in [1.82, 2.24) is 10.2 Å². The number of hydrogen-bond donors (Lipinski definition) is 1. The van der Waals surface area contributed by atoms with Crippen LogP contribution in [-0.2, 0) is 17.8 Å². The van der Waals surface area contributed by atoms with E-state index in [9.17, 15) is 4.79 Å². The van der Waals surface area contributed by atoms with E-state index in [0.717, 1.165) is 43.9 Å². The summed E-state index contributed by atoms with van der Waals surface area (Å²) in [7, 11) is 3.35. The van der Waals surface area contributed by atoms with Crippen LogP contribution in [0, 0.1) is 12.8 Å². The predicted octanol–water partition coefficient (Wildman–Crippen LogP) is 4.03. The van der Waals surface area contributed by atoms with Crippen LogP contribution in [0.5, 0.6) is 11.5 Å². The Kier molecular flexibility index (Phi) is 6.00. The van der Waals surface area contributed by atoms with E-state index < -0.39 is 0 Å². The highest BCUT2D eigenvalue weighted by Gasteiger charge is 2.36. The second-order valence-corrected chi connectivity index (χ2v) is 8.57. The Morgan fingerprint density at radius 3 is 2.53 bits per heavy atom. The number of aryl methyl sites for hydroxylation is 1. The third-order valence-corrected chi connectivity index (χ3v) is 6.45. The van der Waals surface area contributed by atoms with Crippen LogP contribution < -0.4 is 14.8 Å². The molecule has 0 spiro atoms. The maximum Gasteiger partial charge on any atom is 0.223 e. The van der Waals surface area contributed by atoms with Gasteiger partial charge >= 0.3 is 0 Å². The molecule has 30 heavy (non-hydrogen) atoms. The summed E-state index contributed by atoms with van der Waals surface area (Å²) in [5.41, 5.74) is 5.11. The number of carbonyl (C=O) groups excluding carboxylic acids is 1. The van der Waals surface area contributed by atoms with Gasteiger partial charge in [0.25, 0.3) is 0 Å². The minimum Gasteiger partial charge on any atom is -0.493 e. The monoisotopic (exact) mass is 408 g/mol. The molecular weight excluding hydrogens is 376 g/mol. The second kappa shape index (κ2) is 8.68. The first-order valence-electron chi connectivity index (χ1n) is 10.9. The fraction of sp³-hybridized carbons (Fsp3) is 0.480. The Balaban J connectivity index is 1.69. The summed E-state index contributed by atoms with van der Waals surface area (Å²) in [4.78, 5) is 15.0. The average molecular weight is 409 g/mol. The van der Waals surface area contributed by atoms with Gasteiger partial charge < -0.3 is 14.8 Å². The first kappa shape index (κ1) is 20.7. The maximum absolute atomic E-state index is 12.5. The van der Waals surface area contributed by atoms with Crippen molar-refractivity contribution >= 4 is 5.91 Å². The van der Waals surface area contributed by atoms with E-state index in [1.807, 2.05) is 0 Å². The normalized spacial score (nSPS) is 19.7. The van der Waals surface area contributed by atoms with Crippen LogP contribution >= 0.6 is 0 Å². The molecule has 1 amide bonds. The fourth-order valence-electron chi connectivity index (χ4n) is 4.56. The first-order valence-corrected chi connectivity index (χ1v) is 10.9. The smallest absolute Gasteiger partial charge is 0.223 e. The molecule has 0 bridgehead atoms. The summed E-state index contributed by atoms with van der Waals surface area (Å²) in [6.07, 6.45) is 2.97. The molecule has 2 aromatic rings. The molecule has 5 heteroatoms. The third-order valence-electron chi connectivity index (χ3n) is 6.45. The maximum atomic E-state index is 12.5. The Labute approximate surface area is 179 Å². The van der Waals surface area contributed by atoms with Gasteiger partial charge in [0.05, 0.1) is 20.3 Å². The van der Waals surface area contributed by atoms with Crippen molar-refractivity contribution < 1.29 is 14.3 Å². The Bertz CT molecular complexity index is 923. The van der Waals surface area contributed by atoms with Crippen LogP contribution in [0.1, 0.15) is 48.1 Å². The van der Waals surface area contributed by atoms with E-state index in [-0.39, 0.29) is 23.9 Å². The van der Waals surface area contributed by atoms with Gasteiger partial charge in [-0.1, -0.05) is 24.3 Å². The molecule has 2 atom stereocenters. The standard InChI is InChI=1S/C25H32N2O3/c1-16-7-5-6-8-20(16)15-27-12-11-19-13-22(29-3)23(30-4)14-21(19)24(27)17(2)26-25(28)18-9-10-18/h5-8,13-14,17-18,24H,9-12,15H2,1-4H3,(H,26,28)/t17-,24+/m1/s1. The van der Waals surface area contributed by atoms with Crippen molar-refractivity contribution in [1.29, 1.82) is 0 Å². The molecule has 0 aromatic heterocycles. The molecule has 1 fully saturated rings. The highest BCUT2D eigenvalue weighted by Crippen LogP contribution is 2.40. The largest absolute Gasteiger partial charge is 0.493 e. The van der Waals surface area contributed by atoms with Crippen molar-refractivity contribution in [2.75, 3.05) is 20.8 Å². The van der Waals surface area contributed by atoms with Gasteiger partial charge in [0, 0.05) is 25.0 Å². The molecule has 0 radical (unpaired) electrons. The lowest BCUT2D eigenvalue weighted by molar-refractivity contribution is -0.123. The lowest BCUT2D eigenvalue weighted by Gasteiger charge is -2.41. The predicted molar refractivity (Wildman–Crippen MR) is 118 cm³/mol. The summed E-state index contributed by atoms with van der Waals surface area (Å²) in [6, 6.07) is 12.8. The van der Waals surface area contributed by atoms with Crippen molar-refractivity contribution in [3.63, 3.8) is 0 Å². The second-order valence-electron chi connectivity index (χ2n) is 8.57. The number of nitrogens with one attached hydrogen (secondary N) is 1. The van der Waals surface area contributed by atoms with E-state index in [1.165, 1.54) is 22.3 Å². The quantitative estimate of drug-likeness (QED) is 0.752. The number of amides is 1. The number of ether oxygens (including phenoxy) is 2. The van der Waals surface area contributed by atoms with Gasteiger partial charge in [0.15, 0.2) is 11.5 Å². The molecule has 0 unspecified atom stereocenters. The minimum absolute atomic E-state index is 0.000676. The van der Waals surface area contributed by atoms with Gasteiger partial charge in [-0.25, -0.2) is 0 Å². The molecule has 4 rings (SSSR count). The third kappa shape index (κ3) is 4.17. The molecule has 1 aliphatic heterocycles. The first-order chi connectivity index (χ1) is 14.5. The average Bonchev–Trinajstić information content (AvgIpc) is 3.59. The number of rotatable bonds is 7. The van der Waals surface area contributed by atoms with Gasteiger partial charge in [-0.15, -0.1) is 0 Å². The van der Waals surface area contributed by atoms with Gasteiger partial charge in [0.2, 0.25) is 5.91 Å². The zero-order valence-electron chi connectivity index (χ0n) is 18.4. The van der Waals surface area contributed by atoms with Crippen LogP contribution in [-0.4, -0.2) is 37.6 Å². The van der Waals surface area contributed by atoms with Gasteiger partial charge in [-0.3, -0.25) is 9.69 Å². The minimum atomic E-state index is -0.000676. The molecular formula is C25H32N2O3. The number of nitrogens with zero attached hydrogens (tertiary/aromatic N) is 1. The van der Waals surface area contributed by atoms with Crippen LogP contribution in [0.3, 0.4) is 0 Å². The van der Waals surface area contributed by atoms with Crippen molar-refractivity contribution in [2.24, 2.45) is 5.92 Å². The fourth-order valence-corrected chi connectivity index (χ4v) is 4.56. The zero-order valence-corrected chi connectivity index (χ0v) is 18.4. The summed E-state index contributed by atoms with van der Waals surface area (Å²) in [5, 5.41) is 3.30. The molecule has 2 aliphatic rings. The molecule has 5 nitrogen and oxygen atoms in total. The molecule has 2 aromatic carbocycles. The molecule has 1 saturated carbocycles. The summed E-state index contributed by atoms with van der Waals surface area (Å²) in [5.74, 6) is 1.88. The van der Waals surface area contributed by atoms with Gasteiger partial charge in [-0.05, 0) is 67.5 Å². The van der Waals surface area contributed by atoms with Gasteiger partial charge in [0.1, 0.15) is 0 Å². The van der Waals surface area contributed by atoms with Crippen LogP contribution in [0.2, 0.25) is 0 Å². The lowest BCUT2D eigenvalue weighted by Crippen LogP contribution is -2.47. The lowest BCUT2D eigenvalue weighted by atomic mass is 9.87. The van der Waals surface area contributed by atoms with Crippen LogP contribution in [0.4, 0.5) is 0 Å². The molecule has 1 heterocycles. The van der Waals surface area contributed by atoms with E-state index in [2.05, 4.69) is 60.5 Å². The molecule has 0 saturated heterocycles.